The minimum absolute atomic E-state index is 0.0762. The highest BCUT2D eigenvalue weighted by atomic mass is 32.3. The van der Waals surface area contributed by atoms with Crippen LogP contribution < -0.4 is 5.32 Å². The molecule has 1 saturated heterocycles. The van der Waals surface area contributed by atoms with Crippen LogP contribution in [0.1, 0.15) is 40.2 Å². The molecule has 0 atom stereocenters. The zero-order valence-corrected chi connectivity index (χ0v) is 16.3. The van der Waals surface area contributed by atoms with Gasteiger partial charge in [0.1, 0.15) is 4.90 Å². The van der Waals surface area contributed by atoms with Gasteiger partial charge in [-0.15, -0.1) is 3.89 Å². The van der Waals surface area contributed by atoms with Crippen molar-refractivity contribution >= 4 is 29.3 Å². The Morgan fingerprint density at radius 2 is 1.73 bits per heavy atom. The van der Waals surface area contributed by atoms with Gasteiger partial charge in [0.15, 0.2) is 0 Å². The van der Waals surface area contributed by atoms with Gasteiger partial charge in [-0.25, -0.2) is 0 Å². The molecule has 1 fully saturated rings. The molecule has 0 bridgehead atoms. The minimum atomic E-state index is -4.89. The number of hydrogen-bond acceptors (Lipinski definition) is 5. The summed E-state index contributed by atoms with van der Waals surface area (Å²) in [4.78, 5) is 10.9. The lowest BCUT2D eigenvalue weighted by atomic mass is 9.77. The maximum atomic E-state index is 13.6. The molecule has 1 aliphatic rings. The summed E-state index contributed by atoms with van der Waals surface area (Å²) in [5, 5.41) is 2.65. The van der Waals surface area contributed by atoms with Gasteiger partial charge in [0.25, 0.3) is 0 Å². The Morgan fingerprint density at radius 3 is 2.23 bits per heavy atom. The Kier molecular flexibility index (Phi) is 5.65. The summed E-state index contributed by atoms with van der Waals surface area (Å²) < 4.78 is 48.3. The summed E-state index contributed by atoms with van der Waals surface area (Å²) in [5.74, 6) is -0.265. The molecule has 0 saturated carbocycles. The molecule has 1 amide bonds. The second-order valence-electron chi connectivity index (χ2n) is 7.19. The van der Waals surface area contributed by atoms with Crippen molar-refractivity contribution in [3.05, 3.63) is 35.3 Å². The normalized spacial score (nSPS) is 19.5. The summed E-state index contributed by atoms with van der Waals surface area (Å²) in [6.45, 7) is 8.95. The fraction of sp³-hybridized carbons (Fsp3) is 0.471. The predicted octanol–water partition coefficient (Wildman–Crippen LogP) is 2.50. The highest BCUT2D eigenvalue weighted by Crippen LogP contribution is 2.39. The molecule has 1 aromatic rings. The van der Waals surface area contributed by atoms with Gasteiger partial charge in [-0.3, -0.25) is 4.79 Å². The van der Waals surface area contributed by atoms with Gasteiger partial charge in [-0.1, -0.05) is 24.3 Å². The van der Waals surface area contributed by atoms with Gasteiger partial charge >= 0.3 is 17.3 Å². The summed E-state index contributed by atoms with van der Waals surface area (Å²) >= 11 is 0. The Labute approximate surface area is 154 Å². The van der Waals surface area contributed by atoms with Crippen molar-refractivity contribution in [3.8, 4) is 0 Å². The van der Waals surface area contributed by atoms with E-state index >= 15 is 0 Å². The Hall–Kier alpha value is -1.71. The van der Waals surface area contributed by atoms with Crippen LogP contribution in [0, 0.1) is 0 Å². The van der Waals surface area contributed by atoms with Crippen LogP contribution in [-0.4, -0.2) is 39.2 Å². The lowest BCUT2D eigenvalue weighted by Crippen LogP contribution is -2.41. The number of benzene rings is 1. The second kappa shape index (κ2) is 7.13. The first-order chi connectivity index (χ1) is 11.8. The molecule has 142 valence electrons. The molecule has 1 N–H and O–H groups in total. The standard InChI is InChI=1S/C17H23BFNO5S/c1-12(21)20-11-14(18-24-16(2,3)17(4,5)25-18)10-13-8-6-7-9-15(13)26(19,22)23/h6-10H,11H2,1-5H3,(H,20,21). The van der Waals surface area contributed by atoms with Crippen LogP contribution in [0.5, 0.6) is 0 Å². The van der Waals surface area contributed by atoms with Crippen molar-refractivity contribution < 1.29 is 26.4 Å². The number of carbonyl (C=O) groups is 1. The van der Waals surface area contributed by atoms with Crippen LogP contribution in [0.15, 0.2) is 34.6 Å². The molecule has 0 spiro atoms. The van der Waals surface area contributed by atoms with E-state index in [2.05, 4.69) is 5.32 Å². The van der Waals surface area contributed by atoms with E-state index < -0.39 is 33.4 Å². The van der Waals surface area contributed by atoms with Crippen molar-refractivity contribution in [2.24, 2.45) is 0 Å². The number of carbonyl (C=O) groups excluding carboxylic acids is 1. The van der Waals surface area contributed by atoms with Gasteiger partial charge in [0.05, 0.1) is 11.2 Å². The number of nitrogens with one attached hydrogen (secondary N) is 1. The molecule has 9 heteroatoms. The Morgan fingerprint density at radius 1 is 1.19 bits per heavy atom. The first-order valence-electron chi connectivity index (χ1n) is 8.18. The van der Waals surface area contributed by atoms with Crippen LogP contribution in [0.4, 0.5) is 3.89 Å². The number of rotatable bonds is 5. The first-order valence-corrected chi connectivity index (χ1v) is 9.56. The molecular formula is C17H23BFNO5S. The van der Waals surface area contributed by atoms with Crippen LogP contribution in [0.2, 0.25) is 0 Å². The third-order valence-corrected chi connectivity index (χ3v) is 5.52. The second-order valence-corrected chi connectivity index (χ2v) is 8.51. The molecule has 0 aromatic heterocycles. The fourth-order valence-corrected chi connectivity index (χ4v) is 3.09. The van der Waals surface area contributed by atoms with Crippen molar-refractivity contribution in [1.82, 2.24) is 5.32 Å². The zero-order chi connectivity index (χ0) is 19.8. The summed E-state index contributed by atoms with van der Waals surface area (Å²) in [6, 6.07) is 5.69. The SMILES string of the molecule is CC(=O)NCC(=Cc1ccccc1S(=O)(=O)F)B1OC(C)(C)C(C)(C)O1. The fourth-order valence-electron chi connectivity index (χ4n) is 2.44. The number of halogens is 1. The summed E-state index contributed by atoms with van der Waals surface area (Å²) in [6.07, 6.45) is 1.48. The van der Waals surface area contributed by atoms with E-state index in [9.17, 15) is 17.1 Å². The van der Waals surface area contributed by atoms with Gasteiger partial charge in [0.2, 0.25) is 5.91 Å². The average Bonchev–Trinajstić information content (AvgIpc) is 2.71. The Bertz CT molecular complexity index is 819. The molecule has 0 aliphatic carbocycles. The van der Waals surface area contributed by atoms with Gasteiger partial charge in [-0.2, -0.15) is 8.42 Å². The van der Waals surface area contributed by atoms with E-state index in [-0.39, 0.29) is 18.0 Å². The maximum absolute atomic E-state index is 13.6. The summed E-state index contributed by atoms with van der Waals surface area (Å²) in [5.41, 5.74) is -0.586. The zero-order valence-electron chi connectivity index (χ0n) is 15.5. The number of hydrogen-bond donors (Lipinski definition) is 1. The van der Waals surface area contributed by atoms with E-state index in [1.165, 1.54) is 31.2 Å². The third kappa shape index (κ3) is 4.52. The average molecular weight is 383 g/mol. The molecule has 0 unspecified atom stereocenters. The summed E-state index contributed by atoms with van der Waals surface area (Å²) in [7, 11) is -5.70. The predicted molar refractivity (Wildman–Crippen MR) is 97.5 cm³/mol. The minimum Gasteiger partial charge on any atom is -0.400 e. The highest BCUT2D eigenvalue weighted by Gasteiger charge is 2.52. The molecular weight excluding hydrogens is 360 g/mol. The third-order valence-electron chi connectivity index (χ3n) is 4.62. The Balaban J connectivity index is 2.47. The monoisotopic (exact) mass is 383 g/mol. The lowest BCUT2D eigenvalue weighted by Gasteiger charge is -2.32. The van der Waals surface area contributed by atoms with E-state index in [0.29, 0.717) is 5.47 Å². The first kappa shape index (κ1) is 20.6. The van der Waals surface area contributed by atoms with Gasteiger partial charge in [-0.05, 0) is 44.8 Å². The van der Waals surface area contributed by atoms with Crippen LogP contribution in [0.25, 0.3) is 6.08 Å². The van der Waals surface area contributed by atoms with Crippen LogP contribution in [0.3, 0.4) is 0 Å². The lowest BCUT2D eigenvalue weighted by molar-refractivity contribution is -0.118. The van der Waals surface area contributed by atoms with Gasteiger partial charge in [0, 0.05) is 13.5 Å². The van der Waals surface area contributed by atoms with E-state index in [1.807, 2.05) is 27.7 Å². The molecule has 1 aliphatic heterocycles. The quantitative estimate of drug-likeness (QED) is 0.624. The molecule has 2 rings (SSSR count). The topological polar surface area (TPSA) is 81.7 Å². The van der Waals surface area contributed by atoms with E-state index in [4.69, 9.17) is 9.31 Å². The van der Waals surface area contributed by atoms with Crippen molar-refractivity contribution in [2.45, 2.75) is 50.7 Å². The van der Waals surface area contributed by atoms with Crippen LogP contribution >= 0.6 is 0 Å². The molecule has 0 radical (unpaired) electrons. The molecule has 6 nitrogen and oxygen atoms in total. The smallest absolute Gasteiger partial charge is 0.400 e. The van der Waals surface area contributed by atoms with E-state index in [1.54, 1.807) is 6.07 Å². The molecule has 26 heavy (non-hydrogen) atoms. The maximum Gasteiger partial charge on any atom is 0.492 e. The van der Waals surface area contributed by atoms with Crippen molar-refractivity contribution in [3.63, 3.8) is 0 Å². The van der Waals surface area contributed by atoms with Crippen LogP contribution in [-0.2, 0) is 24.3 Å². The largest absolute Gasteiger partial charge is 0.492 e. The molecule has 1 aromatic carbocycles. The van der Waals surface area contributed by atoms with Gasteiger partial charge < -0.3 is 14.6 Å². The van der Waals surface area contributed by atoms with Crippen molar-refractivity contribution in [2.75, 3.05) is 6.54 Å². The van der Waals surface area contributed by atoms with E-state index in [0.717, 1.165) is 0 Å². The molecule has 1 heterocycles. The number of amides is 1. The highest BCUT2D eigenvalue weighted by molar-refractivity contribution is 7.86. The van der Waals surface area contributed by atoms with Crippen molar-refractivity contribution in [1.29, 1.82) is 0 Å².